The number of nitrogens with one attached hydrogen (secondary N) is 1. The zero-order valence-electron chi connectivity index (χ0n) is 12.2. The lowest BCUT2D eigenvalue weighted by molar-refractivity contribution is 0.0699. The van der Waals surface area contributed by atoms with E-state index in [1.807, 2.05) is 49.4 Å². The third kappa shape index (κ3) is 2.76. The van der Waals surface area contributed by atoms with Crippen molar-refractivity contribution in [3.63, 3.8) is 0 Å². The number of benzene rings is 2. The van der Waals surface area contributed by atoms with Gasteiger partial charge < -0.3 is 10.4 Å². The van der Waals surface area contributed by atoms with Gasteiger partial charge in [0.15, 0.2) is 0 Å². The summed E-state index contributed by atoms with van der Waals surface area (Å²) in [4.78, 5) is 15.7. The standard InChI is InChI=1S/C18H16N2O2/c1-12-10-16(19-11-13-6-3-2-4-7-13)14-8-5-9-15(18(21)22)17(14)20-12/h2-10H,11H2,1H3,(H,19,20)(H,21,22). The van der Waals surface area contributed by atoms with Crippen molar-refractivity contribution < 1.29 is 9.90 Å². The maximum atomic E-state index is 11.4. The van der Waals surface area contributed by atoms with Crippen LogP contribution in [-0.4, -0.2) is 16.1 Å². The summed E-state index contributed by atoms with van der Waals surface area (Å²) in [6.07, 6.45) is 0. The van der Waals surface area contributed by atoms with Gasteiger partial charge in [-0.1, -0.05) is 42.5 Å². The van der Waals surface area contributed by atoms with Crippen LogP contribution in [0.4, 0.5) is 5.69 Å². The zero-order chi connectivity index (χ0) is 15.5. The Labute approximate surface area is 128 Å². The van der Waals surface area contributed by atoms with Gasteiger partial charge in [-0.3, -0.25) is 4.98 Å². The molecule has 0 unspecified atom stereocenters. The van der Waals surface area contributed by atoms with Crippen LogP contribution in [0.3, 0.4) is 0 Å². The Kier molecular flexibility index (Phi) is 3.74. The molecule has 0 saturated carbocycles. The Morgan fingerprint density at radius 1 is 1.14 bits per heavy atom. The smallest absolute Gasteiger partial charge is 0.337 e. The zero-order valence-corrected chi connectivity index (χ0v) is 12.2. The third-order valence-corrected chi connectivity index (χ3v) is 3.52. The highest BCUT2D eigenvalue weighted by molar-refractivity contribution is 6.05. The van der Waals surface area contributed by atoms with Crippen molar-refractivity contribution in [1.29, 1.82) is 0 Å². The molecule has 0 saturated heterocycles. The second-order valence-electron chi connectivity index (χ2n) is 5.16. The van der Waals surface area contributed by atoms with Crippen molar-refractivity contribution in [3.05, 3.63) is 71.4 Å². The van der Waals surface area contributed by atoms with Crippen LogP contribution >= 0.6 is 0 Å². The van der Waals surface area contributed by atoms with Crippen molar-refractivity contribution in [2.24, 2.45) is 0 Å². The molecule has 0 spiro atoms. The molecule has 110 valence electrons. The molecule has 2 aromatic carbocycles. The van der Waals surface area contributed by atoms with Gasteiger partial charge in [0.1, 0.15) is 0 Å². The molecule has 3 rings (SSSR count). The van der Waals surface area contributed by atoms with Crippen molar-refractivity contribution in [2.75, 3.05) is 5.32 Å². The molecule has 0 radical (unpaired) electrons. The van der Waals surface area contributed by atoms with Crippen molar-refractivity contribution in [3.8, 4) is 0 Å². The number of rotatable bonds is 4. The summed E-state index contributed by atoms with van der Waals surface area (Å²) in [7, 11) is 0. The third-order valence-electron chi connectivity index (χ3n) is 3.52. The van der Waals surface area contributed by atoms with E-state index in [1.165, 1.54) is 5.56 Å². The highest BCUT2D eigenvalue weighted by Crippen LogP contribution is 2.26. The lowest BCUT2D eigenvalue weighted by atomic mass is 10.1. The van der Waals surface area contributed by atoms with Crippen LogP contribution in [0.25, 0.3) is 10.9 Å². The molecule has 0 aliphatic carbocycles. The topological polar surface area (TPSA) is 62.2 Å². The summed E-state index contributed by atoms with van der Waals surface area (Å²) >= 11 is 0. The summed E-state index contributed by atoms with van der Waals surface area (Å²) in [5.41, 5.74) is 3.60. The Hall–Kier alpha value is -2.88. The Morgan fingerprint density at radius 3 is 2.64 bits per heavy atom. The first-order valence-electron chi connectivity index (χ1n) is 7.06. The van der Waals surface area contributed by atoms with E-state index < -0.39 is 5.97 Å². The number of aromatic nitrogens is 1. The predicted octanol–water partition coefficient (Wildman–Crippen LogP) is 3.85. The maximum absolute atomic E-state index is 11.4. The number of pyridine rings is 1. The normalized spacial score (nSPS) is 10.6. The molecule has 1 aromatic heterocycles. The number of hydrogen-bond acceptors (Lipinski definition) is 3. The van der Waals surface area contributed by atoms with Gasteiger partial charge in [0.2, 0.25) is 0 Å². The van der Waals surface area contributed by atoms with E-state index in [9.17, 15) is 9.90 Å². The number of carboxylic acid groups (broad SMARTS) is 1. The van der Waals surface area contributed by atoms with Gasteiger partial charge in [-0.25, -0.2) is 4.79 Å². The van der Waals surface area contributed by atoms with E-state index in [1.54, 1.807) is 12.1 Å². The molecule has 2 N–H and O–H groups in total. The lowest BCUT2D eigenvalue weighted by Crippen LogP contribution is -2.04. The quantitative estimate of drug-likeness (QED) is 0.766. The highest BCUT2D eigenvalue weighted by atomic mass is 16.4. The summed E-state index contributed by atoms with van der Waals surface area (Å²) < 4.78 is 0. The number of para-hydroxylation sites is 1. The SMILES string of the molecule is Cc1cc(NCc2ccccc2)c2cccc(C(=O)O)c2n1. The maximum Gasteiger partial charge on any atom is 0.337 e. The van der Waals surface area contributed by atoms with Gasteiger partial charge in [0.05, 0.1) is 11.1 Å². The number of aromatic carboxylic acids is 1. The first-order chi connectivity index (χ1) is 10.6. The van der Waals surface area contributed by atoms with Gasteiger partial charge in [0, 0.05) is 23.3 Å². The molecule has 1 heterocycles. The number of nitrogens with zero attached hydrogens (tertiary/aromatic N) is 1. The number of anilines is 1. The second kappa shape index (κ2) is 5.85. The van der Waals surface area contributed by atoms with E-state index in [2.05, 4.69) is 10.3 Å². The number of aryl methyl sites for hydroxylation is 1. The van der Waals surface area contributed by atoms with Crippen molar-refractivity contribution in [2.45, 2.75) is 13.5 Å². The van der Waals surface area contributed by atoms with Gasteiger partial charge in [0.25, 0.3) is 0 Å². The first-order valence-corrected chi connectivity index (χ1v) is 7.06. The molecule has 0 fully saturated rings. The molecule has 4 heteroatoms. The number of carboxylic acids is 1. The molecule has 0 aliphatic rings. The van der Waals surface area contributed by atoms with Crippen LogP contribution in [-0.2, 0) is 6.54 Å². The van der Waals surface area contributed by atoms with E-state index >= 15 is 0 Å². The van der Waals surface area contributed by atoms with E-state index in [-0.39, 0.29) is 5.56 Å². The molecule has 22 heavy (non-hydrogen) atoms. The average molecular weight is 292 g/mol. The number of hydrogen-bond donors (Lipinski definition) is 2. The molecular formula is C18H16N2O2. The first kappa shape index (κ1) is 14.1. The minimum absolute atomic E-state index is 0.226. The van der Waals surface area contributed by atoms with Gasteiger partial charge >= 0.3 is 5.97 Å². The van der Waals surface area contributed by atoms with Crippen LogP contribution in [0.1, 0.15) is 21.6 Å². The van der Waals surface area contributed by atoms with E-state index in [4.69, 9.17) is 0 Å². The molecule has 0 atom stereocenters. The van der Waals surface area contributed by atoms with Crippen molar-refractivity contribution >= 4 is 22.6 Å². The Bertz CT molecular complexity index is 829. The van der Waals surface area contributed by atoms with Crippen LogP contribution in [0, 0.1) is 6.92 Å². The number of fused-ring (bicyclic) bond motifs is 1. The van der Waals surface area contributed by atoms with Gasteiger partial charge in [-0.05, 0) is 24.6 Å². The lowest BCUT2D eigenvalue weighted by Gasteiger charge is -2.12. The molecule has 0 amide bonds. The predicted molar refractivity (Wildman–Crippen MR) is 87.2 cm³/mol. The molecule has 4 nitrogen and oxygen atoms in total. The van der Waals surface area contributed by atoms with Crippen LogP contribution in [0.5, 0.6) is 0 Å². The molecule has 0 bridgehead atoms. The Morgan fingerprint density at radius 2 is 1.91 bits per heavy atom. The van der Waals surface area contributed by atoms with Gasteiger partial charge in [-0.2, -0.15) is 0 Å². The largest absolute Gasteiger partial charge is 0.478 e. The minimum Gasteiger partial charge on any atom is -0.478 e. The minimum atomic E-state index is -0.960. The molecule has 0 aliphatic heterocycles. The summed E-state index contributed by atoms with van der Waals surface area (Å²) in [6, 6.07) is 17.2. The van der Waals surface area contributed by atoms with Crippen LogP contribution in [0.2, 0.25) is 0 Å². The van der Waals surface area contributed by atoms with Crippen LogP contribution in [0.15, 0.2) is 54.6 Å². The average Bonchev–Trinajstić information content (AvgIpc) is 2.52. The fourth-order valence-corrected chi connectivity index (χ4v) is 2.49. The summed E-state index contributed by atoms with van der Waals surface area (Å²) in [5.74, 6) is -0.960. The second-order valence-corrected chi connectivity index (χ2v) is 5.16. The molecular weight excluding hydrogens is 276 g/mol. The molecule has 3 aromatic rings. The van der Waals surface area contributed by atoms with E-state index in [0.29, 0.717) is 12.1 Å². The summed E-state index contributed by atoms with van der Waals surface area (Å²) in [5, 5.41) is 13.5. The Balaban J connectivity index is 2.02. The fourth-order valence-electron chi connectivity index (χ4n) is 2.49. The summed E-state index contributed by atoms with van der Waals surface area (Å²) in [6.45, 7) is 2.54. The van der Waals surface area contributed by atoms with Crippen molar-refractivity contribution in [1.82, 2.24) is 4.98 Å². The highest BCUT2D eigenvalue weighted by Gasteiger charge is 2.12. The van der Waals surface area contributed by atoms with E-state index in [0.717, 1.165) is 16.8 Å². The fraction of sp³-hybridized carbons (Fsp3) is 0.111. The van der Waals surface area contributed by atoms with Crippen LogP contribution < -0.4 is 5.32 Å². The van der Waals surface area contributed by atoms with Gasteiger partial charge in [-0.15, -0.1) is 0 Å². The number of carbonyl (C=O) groups is 1. The monoisotopic (exact) mass is 292 g/mol.